The van der Waals surface area contributed by atoms with Crippen molar-refractivity contribution in [3.63, 3.8) is 0 Å². The molecule has 0 radical (unpaired) electrons. The molecule has 8 heteroatoms. The van der Waals surface area contributed by atoms with Gasteiger partial charge < -0.3 is 35.0 Å². The minimum atomic E-state index is -1.24. The fourth-order valence-corrected chi connectivity index (χ4v) is 1.92. The second-order valence-corrected chi connectivity index (χ2v) is 6.23. The molecule has 1 aromatic carbocycles. The molecule has 0 unspecified atom stereocenters. The number of aliphatic hydroxyl groups excluding tert-OH is 5. The Morgan fingerprint density at radius 1 is 0.760 bits per heavy atom. The van der Waals surface area contributed by atoms with Gasteiger partial charge in [-0.1, -0.05) is 18.2 Å². The summed E-state index contributed by atoms with van der Waals surface area (Å²) in [6.07, 6.45) is 0. The maximum Gasteiger partial charge on any atom is 0.338 e. The SMILES string of the molecule is O=C(OCC(CO)(CO)COCC(CO)(CO)CO)c1ccccc1. The second kappa shape index (κ2) is 10.4. The Morgan fingerprint density at radius 3 is 1.72 bits per heavy atom. The fraction of sp³-hybridized carbons (Fsp3) is 0.588. The van der Waals surface area contributed by atoms with Gasteiger partial charge in [0, 0.05) is 0 Å². The van der Waals surface area contributed by atoms with Crippen LogP contribution in [-0.4, -0.2) is 84.4 Å². The van der Waals surface area contributed by atoms with E-state index in [9.17, 15) is 30.3 Å². The highest BCUT2D eigenvalue weighted by molar-refractivity contribution is 5.89. The maximum atomic E-state index is 12.0. The zero-order valence-electron chi connectivity index (χ0n) is 14.0. The van der Waals surface area contributed by atoms with Crippen molar-refractivity contribution in [2.75, 3.05) is 52.9 Å². The van der Waals surface area contributed by atoms with E-state index in [2.05, 4.69) is 0 Å². The molecule has 25 heavy (non-hydrogen) atoms. The Balaban J connectivity index is 2.62. The smallest absolute Gasteiger partial charge is 0.338 e. The highest BCUT2D eigenvalue weighted by Crippen LogP contribution is 2.21. The summed E-state index contributed by atoms with van der Waals surface area (Å²) in [6, 6.07) is 8.28. The number of ether oxygens (including phenoxy) is 2. The van der Waals surface area contributed by atoms with Crippen LogP contribution in [0.2, 0.25) is 0 Å². The first-order valence-corrected chi connectivity index (χ1v) is 7.84. The molecule has 0 spiro atoms. The number of carbonyl (C=O) groups excluding carboxylic acids is 1. The van der Waals surface area contributed by atoms with Crippen LogP contribution < -0.4 is 0 Å². The summed E-state index contributed by atoms with van der Waals surface area (Å²) in [4.78, 5) is 12.0. The van der Waals surface area contributed by atoms with E-state index in [1.165, 1.54) is 0 Å². The highest BCUT2D eigenvalue weighted by atomic mass is 16.5. The Kier molecular flexibility index (Phi) is 8.98. The Morgan fingerprint density at radius 2 is 1.24 bits per heavy atom. The van der Waals surface area contributed by atoms with Crippen LogP contribution in [0.3, 0.4) is 0 Å². The van der Waals surface area contributed by atoms with Gasteiger partial charge in [0.05, 0.1) is 62.6 Å². The third-order valence-corrected chi connectivity index (χ3v) is 4.01. The summed E-state index contributed by atoms with van der Waals surface area (Å²) in [5, 5.41) is 46.9. The molecule has 0 saturated carbocycles. The molecule has 0 fully saturated rings. The minimum absolute atomic E-state index is 0.190. The lowest BCUT2D eigenvalue weighted by Crippen LogP contribution is -2.44. The van der Waals surface area contributed by atoms with Gasteiger partial charge in [0.15, 0.2) is 0 Å². The molecule has 0 atom stereocenters. The third-order valence-electron chi connectivity index (χ3n) is 4.01. The van der Waals surface area contributed by atoms with Crippen molar-refractivity contribution >= 4 is 5.97 Å². The summed E-state index contributed by atoms with van der Waals surface area (Å²) in [5.74, 6) is -0.595. The summed E-state index contributed by atoms with van der Waals surface area (Å²) >= 11 is 0. The first kappa shape index (κ1) is 21.5. The average molecular weight is 358 g/mol. The molecule has 0 aromatic heterocycles. The summed E-state index contributed by atoms with van der Waals surface area (Å²) in [6.45, 7) is -3.14. The van der Waals surface area contributed by atoms with Crippen LogP contribution in [0.5, 0.6) is 0 Å². The molecule has 0 bridgehead atoms. The predicted octanol–water partition coefficient (Wildman–Crippen LogP) is -1.21. The van der Waals surface area contributed by atoms with E-state index in [1.807, 2.05) is 0 Å². The molecule has 0 aliphatic rings. The highest BCUT2D eigenvalue weighted by Gasteiger charge is 2.34. The molecule has 0 heterocycles. The molecule has 1 aromatic rings. The number of aliphatic hydroxyl groups is 5. The lowest BCUT2D eigenvalue weighted by Gasteiger charge is -2.32. The summed E-state index contributed by atoms with van der Waals surface area (Å²) in [7, 11) is 0. The Hall–Kier alpha value is -1.55. The average Bonchev–Trinajstić information content (AvgIpc) is 2.69. The quantitative estimate of drug-likeness (QED) is 0.294. The maximum absolute atomic E-state index is 12.0. The summed E-state index contributed by atoms with van der Waals surface area (Å²) < 4.78 is 10.5. The Bertz CT molecular complexity index is 488. The molecular formula is C17H26O8. The van der Waals surface area contributed by atoms with E-state index in [1.54, 1.807) is 30.3 Å². The predicted molar refractivity (Wildman–Crippen MR) is 87.8 cm³/mol. The van der Waals surface area contributed by atoms with Crippen LogP contribution in [0.4, 0.5) is 0 Å². The van der Waals surface area contributed by atoms with Crippen molar-refractivity contribution in [3.05, 3.63) is 35.9 Å². The van der Waals surface area contributed by atoms with E-state index in [0.29, 0.717) is 5.56 Å². The van der Waals surface area contributed by atoms with Crippen LogP contribution in [0, 0.1) is 10.8 Å². The Labute approximate surface area is 146 Å². The van der Waals surface area contributed by atoms with Gasteiger partial charge in [-0.2, -0.15) is 0 Å². The van der Waals surface area contributed by atoms with E-state index in [0.717, 1.165) is 0 Å². The van der Waals surface area contributed by atoms with Crippen LogP contribution >= 0.6 is 0 Å². The van der Waals surface area contributed by atoms with Gasteiger partial charge in [-0.05, 0) is 12.1 Å². The molecule has 0 amide bonds. The number of benzene rings is 1. The third kappa shape index (κ3) is 6.03. The van der Waals surface area contributed by atoms with Crippen molar-refractivity contribution in [2.24, 2.45) is 10.8 Å². The molecule has 1 rings (SSSR count). The number of carbonyl (C=O) groups is 1. The number of hydrogen-bond acceptors (Lipinski definition) is 8. The summed E-state index contributed by atoms with van der Waals surface area (Å²) in [5.41, 5.74) is -2.12. The topological polar surface area (TPSA) is 137 Å². The zero-order chi connectivity index (χ0) is 18.8. The van der Waals surface area contributed by atoms with Gasteiger partial charge in [0.2, 0.25) is 0 Å². The van der Waals surface area contributed by atoms with E-state index < -0.39 is 49.8 Å². The van der Waals surface area contributed by atoms with Crippen LogP contribution in [-0.2, 0) is 9.47 Å². The number of rotatable bonds is 12. The van der Waals surface area contributed by atoms with Crippen molar-refractivity contribution in [3.8, 4) is 0 Å². The van der Waals surface area contributed by atoms with Crippen molar-refractivity contribution in [2.45, 2.75) is 0 Å². The minimum Gasteiger partial charge on any atom is -0.461 e. The van der Waals surface area contributed by atoms with Crippen molar-refractivity contribution in [1.82, 2.24) is 0 Å². The van der Waals surface area contributed by atoms with E-state index in [-0.39, 0.29) is 19.8 Å². The number of esters is 1. The molecule has 5 N–H and O–H groups in total. The lowest BCUT2D eigenvalue weighted by molar-refractivity contribution is -0.104. The lowest BCUT2D eigenvalue weighted by atomic mass is 9.90. The van der Waals surface area contributed by atoms with Gasteiger partial charge in [-0.25, -0.2) is 4.79 Å². The van der Waals surface area contributed by atoms with Gasteiger partial charge >= 0.3 is 5.97 Å². The van der Waals surface area contributed by atoms with Crippen molar-refractivity contribution < 1.29 is 39.8 Å². The van der Waals surface area contributed by atoms with E-state index >= 15 is 0 Å². The largest absolute Gasteiger partial charge is 0.461 e. The molecule has 8 nitrogen and oxygen atoms in total. The van der Waals surface area contributed by atoms with Gasteiger partial charge in [-0.3, -0.25) is 0 Å². The normalized spacial score (nSPS) is 12.2. The van der Waals surface area contributed by atoms with E-state index in [4.69, 9.17) is 9.47 Å². The van der Waals surface area contributed by atoms with Crippen LogP contribution in [0.1, 0.15) is 10.4 Å². The zero-order valence-corrected chi connectivity index (χ0v) is 14.0. The van der Waals surface area contributed by atoms with Crippen LogP contribution in [0.15, 0.2) is 30.3 Å². The monoisotopic (exact) mass is 358 g/mol. The fourth-order valence-electron chi connectivity index (χ4n) is 1.92. The van der Waals surface area contributed by atoms with Gasteiger partial charge in [-0.15, -0.1) is 0 Å². The van der Waals surface area contributed by atoms with Crippen molar-refractivity contribution in [1.29, 1.82) is 0 Å². The second-order valence-electron chi connectivity index (χ2n) is 6.23. The number of hydrogen-bond donors (Lipinski definition) is 5. The molecule has 142 valence electrons. The standard InChI is InChI=1S/C17H26O8/c18-6-16(7-19,8-20)11-24-12-17(9-21,10-22)13-25-15(23)14-4-2-1-3-5-14/h1-5,18-22H,6-13H2. The van der Waals surface area contributed by atoms with Gasteiger partial charge in [0.25, 0.3) is 0 Å². The van der Waals surface area contributed by atoms with Gasteiger partial charge in [0.1, 0.15) is 6.61 Å². The molecular weight excluding hydrogens is 332 g/mol. The first-order chi connectivity index (χ1) is 12.0. The molecule has 0 aliphatic heterocycles. The molecule has 0 saturated heterocycles. The first-order valence-electron chi connectivity index (χ1n) is 7.84. The molecule has 0 aliphatic carbocycles. The van der Waals surface area contributed by atoms with Crippen LogP contribution in [0.25, 0.3) is 0 Å².